The summed E-state index contributed by atoms with van der Waals surface area (Å²) in [5, 5.41) is 2.81. The molecule has 6 heteroatoms. The highest BCUT2D eigenvalue weighted by Crippen LogP contribution is 2.16. The molecule has 0 aromatic carbocycles. The molecule has 2 amide bonds. The van der Waals surface area contributed by atoms with Gasteiger partial charge in [0.25, 0.3) is 0 Å². The lowest BCUT2D eigenvalue weighted by atomic mass is 10.0. The van der Waals surface area contributed by atoms with Crippen molar-refractivity contribution < 1.29 is 14.3 Å². The van der Waals surface area contributed by atoms with Gasteiger partial charge in [-0.1, -0.05) is 6.92 Å². The van der Waals surface area contributed by atoms with Gasteiger partial charge in [-0.05, 0) is 39.2 Å². The molecule has 6 nitrogen and oxygen atoms in total. The van der Waals surface area contributed by atoms with Crippen LogP contribution in [-0.2, 0) is 9.53 Å². The van der Waals surface area contributed by atoms with Crippen LogP contribution in [0, 0.1) is 5.92 Å². The van der Waals surface area contributed by atoms with E-state index in [1.54, 1.807) is 6.92 Å². The topological polar surface area (TPSA) is 84.7 Å². The molecule has 0 radical (unpaired) electrons. The van der Waals surface area contributed by atoms with E-state index >= 15 is 0 Å². The molecule has 1 fully saturated rings. The normalized spacial score (nSPS) is 20.4. The van der Waals surface area contributed by atoms with Crippen LogP contribution in [0.25, 0.3) is 0 Å². The number of hydrogen-bond donors (Lipinski definition) is 2. The maximum absolute atomic E-state index is 12.3. The number of piperidine rings is 1. The molecule has 0 saturated carbocycles. The van der Waals surface area contributed by atoms with E-state index in [1.165, 1.54) is 0 Å². The van der Waals surface area contributed by atoms with Crippen LogP contribution in [0.5, 0.6) is 0 Å². The third kappa shape index (κ3) is 5.36. The van der Waals surface area contributed by atoms with E-state index < -0.39 is 6.09 Å². The molecule has 2 unspecified atom stereocenters. The van der Waals surface area contributed by atoms with Crippen LogP contribution in [0.15, 0.2) is 0 Å². The summed E-state index contributed by atoms with van der Waals surface area (Å²) in [4.78, 5) is 25.6. The van der Waals surface area contributed by atoms with Gasteiger partial charge in [-0.3, -0.25) is 4.79 Å². The van der Waals surface area contributed by atoms with E-state index in [4.69, 9.17) is 10.5 Å². The zero-order valence-electron chi connectivity index (χ0n) is 12.6. The van der Waals surface area contributed by atoms with Crippen LogP contribution in [-0.4, -0.2) is 49.2 Å². The van der Waals surface area contributed by atoms with E-state index in [0.29, 0.717) is 19.7 Å². The number of hydrogen-bond acceptors (Lipinski definition) is 4. The Morgan fingerprint density at radius 3 is 2.90 bits per heavy atom. The van der Waals surface area contributed by atoms with Gasteiger partial charge in [0.15, 0.2) is 0 Å². The minimum absolute atomic E-state index is 0.0000988. The van der Waals surface area contributed by atoms with Crippen LogP contribution >= 0.6 is 0 Å². The van der Waals surface area contributed by atoms with Crippen LogP contribution in [0.2, 0.25) is 0 Å². The van der Waals surface area contributed by atoms with Crippen molar-refractivity contribution in [2.24, 2.45) is 11.7 Å². The Bertz CT molecular complexity index is 323. The molecule has 1 heterocycles. The molecule has 3 N–H and O–H groups in total. The maximum atomic E-state index is 12.3. The average molecular weight is 285 g/mol. The Hall–Kier alpha value is -1.30. The number of nitrogens with zero attached hydrogens (tertiary/aromatic N) is 1. The number of ether oxygens (including phenoxy) is 1. The molecule has 20 heavy (non-hydrogen) atoms. The fourth-order valence-corrected chi connectivity index (χ4v) is 2.49. The molecule has 1 saturated heterocycles. The lowest BCUT2D eigenvalue weighted by molar-refractivity contribution is -0.136. The van der Waals surface area contributed by atoms with Crippen LogP contribution in [0.3, 0.4) is 0 Å². The van der Waals surface area contributed by atoms with E-state index in [1.807, 2.05) is 11.8 Å². The summed E-state index contributed by atoms with van der Waals surface area (Å²) in [5.74, 6) is 0.161. The monoisotopic (exact) mass is 285 g/mol. The quantitative estimate of drug-likeness (QED) is 0.765. The van der Waals surface area contributed by atoms with Crippen LogP contribution in [0.1, 0.15) is 39.5 Å². The smallest absolute Gasteiger partial charge is 0.407 e. The minimum Gasteiger partial charge on any atom is -0.450 e. The first-order valence-corrected chi connectivity index (χ1v) is 7.50. The molecule has 0 bridgehead atoms. The number of carbonyl (C=O) groups excluding carboxylic acids is 2. The molecule has 1 rings (SSSR count). The first-order chi connectivity index (χ1) is 9.58. The molecular formula is C14H27N3O3. The Labute approximate surface area is 121 Å². The summed E-state index contributed by atoms with van der Waals surface area (Å²) in [5.41, 5.74) is 5.47. The number of nitrogens with one attached hydrogen (secondary N) is 1. The van der Waals surface area contributed by atoms with Gasteiger partial charge >= 0.3 is 6.09 Å². The Morgan fingerprint density at radius 1 is 1.50 bits per heavy atom. The zero-order chi connectivity index (χ0) is 15.0. The Kier molecular flexibility index (Phi) is 7.36. The minimum atomic E-state index is -0.400. The van der Waals surface area contributed by atoms with Crippen molar-refractivity contribution in [2.75, 3.05) is 26.2 Å². The largest absolute Gasteiger partial charge is 0.450 e. The summed E-state index contributed by atoms with van der Waals surface area (Å²) >= 11 is 0. The molecule has 2 atom stereocenters. The number of carbonyl (C=O) groups is 2. The molecule has 1 aliphatic heterocycles. The standard InChI is InChI=1S/C14H27N3O3/c1-3-20-14(19)16-12-7-5-9-17(10-12)13(18)11(2)6-4-8-15/h11-12H,3-10,15H2,1-2H3,(H,16,19). The number of amides is 2. The Balaban J connectivity index is 2.43. The summed E-state index contributed by atoms with van der Waals surface area (Å²) in [6.45, 7) is 6.04. The van der Waals surface area contributed by atoms with Gasteiger partial charge in [0.05, 0.1) is 6.61 Å². The second kappa shape index (κ2) is 8.79. The lowest BCUT2D eigenvalue weighted by Gasteiger charge is -2.34. The fraction of sp³-hybridized carbons (Fsp3) is 0.857. The van der Waals surface area contributed by atoms with Crippen molar-refractivity contribution in [3.05, 3.63) is 0 Å². The second-order valence-corrected chi connectivity index (χ2v) is 5.32. The zero-order valence-corrected chi connectivity index (χ0v) is 12.6. The number of alkyl carbamates (subject to hydrolysis) is 1. The van der Waals surface area contributed by atoms with E-state index in [-0.39, 0.29) is 17.9 Å². The van der Waals surface area contributed by atoms with Crippen molar-refractivity contribution in [2.45, 2.75) is 45.6 Å². The summed E-state index contributed by atoms with van der Waals surface area (Å²) in [7, 11) is 0. The van der Waals surface area contributed by atoms with Crippen molar-refractivity contribution in [1.82, 2.24) is 10.2 Å². The summed E-state index contributed by atoms with van der Waals surface area (Å²) in [6.07, 6.45) is 3.09. The van der Waals surface area contributed by atoms with Crippen molar-refractivity contribution in [1.29, 1.82) is 0 Å². The highest BCUT2D eigenvalue weighted by Gasteiger charge is 2.27. The van der Waals surface area contributed by atoms with Gasteiger partial charge in [0.1, 0.15) is 0 Å². The first kappa shape index (κ1) is 16.8. The van der Waals surface area contributed by atoms with Gasteiger partial charge in [0, 0.05) is 25.0 Å². The highest BCUT2D eigenvalue weighted by molar-refractivity contribution is 5.78. The Morgan fingerprint density at radius 2 is 2.25 bits per heavy atom. The van der Waals surface area contributed by atoms with Gasteiger partial charge in [-0.2, -0.15) is 0 Å². The van der Waals surface area contributed by atoms with E-state index in [9.17, 15) is 9.59 Å². The third-order valence-corrected chi connectivity index (χ3v) is 3.59. The SMILES string of the molecule is CCOC(=O)NC1CCCN(C(=O)C(C)CCCN)C1. The number of rotatable bonds is 6. The van der Waals surface area contributed by atoms with Crippen LogP contribution in [0.4, 0.5) is 4.79 Å². The predicted molar refractivity (Wildman–Crippen MR) is 77.2 cm³/mol. The molecule has 116 valence electrons. The highest BCUT2D eigenvalue weighted by atomic mass is 16.5. The second-order valence-electron chi connectivity index (χ2n) is 5.32. The first-order valence-electron chi connectivity index (χ1n) is 7.50. The van der Waals surface area contributed by atoms with Crippen molar-refractivity contribution in [3.63, 3.8) is 0 Å². The third-order valence-electron chi connectivity index (χ3n) is 3.59. The van der Waals surface area contributed by atoms with E-state index in [2.05, 4.69) is 5.32 Å². The van der Waals surface area contributed by atoms with E-state index in [0.717, 1.165) is 32.2 Å². The van der Waals surface area contributed by atoms with Gasteiger partial charge in [-0.25, -0.2) is 4.79 Å². The molecule has 0 aromatic rings. The van der Waals surface area contributed by atoms with Crippen LogP contribution < -0.4 is 11.1 Å². The van der Waals surface area contributed by atoms with Gasteiger partial charge in [-0.15, -0.1) is 0 Å². The molecular weight excluding hydrogens is 258 g/mol. The van der Waals surface area contributed by atoms with Crippen molar-refractivity contribution >= 4 is 12.0 Å². The molecule has 0 aliphatic carbocycles. The van der Waals surface area contributed by atoms with Crippen molar-refractivity contribution in [3.8, 4) is 0 Å². The lowest BCUT2D eigenvalue weighted by Crippen LogP contribution is -2.50. The number of nitrogens with two attached hydrogens (primary N) is 1. The average Bonchev–Trinajstić information content (AvgIpc) is 2.44. The molecule has 0 spiro atoms. The maximum Gasteiger partial charge on any atom is 0.407 e. The fourth-order valence-electron chi connectivity index (χ4n) is 2.49. The number of likely N-dealkylation sites (tertiary alicyclic amines) is 1. The molecule has 1 aliphatic rings. The molecule has 0 aromatic heterocycles. The predicted octanol–water partition coefficient (Wildman–Crippen LogP) is 1.10. The van der Waals surface area contributed by atoms with Gasteiger partial charge in [0.2, 0.25) is 5.91 Å². The summed E-state index contributed by atoms with van der Waals surface area (Å²) in [6, 6.07) is -0.00606. The van der Waals surface area contributed by atoms with Gasteiger partial charge < -0.3 is 20.7 Å². The summed E-state index contributed by atoms with van der Waals surface area (Å²) < 4.78 is 4.87.